The molecule has 98 valence electrons. The van der Waals surface area contributed by atoms with Crippen molar-refractivity contribution in [2.45, 2.75) is 32.2 Å². The first-order valence-electron chi connectivity index (χ1n) is 6.62. The number of rotatable bonds is 4. The molecule has 0 radical (unpaired) electrons. The first kappa shape index (κ1) is 13.1. The molecule has 1 heterocycles. The van der Waals surface area contributed by atoms with Gasteiger partial charge in [0.1, 0.15) is 5.75 Å². The minimum absolute atomic E-state index is 0.200. The zero-order valence-electron chi connectivity index (χ0n) is 11.2. The molecule has 3 heteroatoms. The monoisotopic (exact) mass is 247 g/mol. The summed E-state index contributed by atoms with van der Waals surface area (Å²) in [5, 5.41) is 0. The summed E-state index contributed by atoms with van der Waals surface area (Å²) in [6, 6.07) is 7.90. The van der Waals surface area contributed by atoms with Crippen molar-refractivity contribution in [2.24, 2.45) is 0 Å². The van der Waals surface area contributed by atoms with Gasteiger partial charge in [0, 0.05) is 11.6 Å². The molecule has 18 heavy (non-hydrogen) atoms. The van der Waals surface area contributed by atoms with E-state index in [1.54, 1.807) is 7.11 Å². The van der Waals surface area contributed by atoms with Crippen molar-refractivity contribution in [3.63, 3.8) is 0 Å². The molecule has 0 bridgehead atoms. The zero-order chi connectivity index (χ0) is 13.0. The topological polar surface area (TPSA) is 29.5 Å². The standard InChI is InChI=1S/C15H21NO2/c1-12-5-3-4-10-16(12)11-15(17)13-6-8-14(18-2)9-7-13/h6-9,12H,3-5,10-11H2,1-2H3. The van der Waals surface area contributed by atoms with Crippen molar-refractivity contribution in [2.75, 3.05) is 20.2 Å². The number of Topliss-reactive ketones (excluding diaryl/α,β-unsaturated/α-hetero) is 1. The smallest absolute Gasteiger partial charge is 0.176 e. The Hall–Kier alpha value is -1.35. The van der Waals surface area contributed by atoms with Crippen LogP contribution in [0.3, 0.4) is 0 Å². The van der Waals surface area contributed by atoms with Crippen LogP contribution in [0.2, 0.25) is 0 Å². The summed E-state index contributed by atoms with van der Waals surface area (Å²) in [5.41, 5.74) is 0.772. The van der Waals surface area contributed by atoms with E-state index in [1.807, 2.05) is 24.3 Å². The van der Waals surface area contributed by atoms with E-state index in [0.29, 0.717) is 12.6 Å². The van der Waals surface area contributed by atoms with Crippen LogP contribution in [0, 0.1) is 0 Å². The van der Waals surface area contributed by atoms with Gasteiger partial charge in [-0.2, -0.15) is 0 Å². The molecule has 1 saturated heterocycles. The largest absolute Gasteiger partial charge is 0.497 e. The summed E-state index contributed by atoms with van der Waals surface area (Å²) in [4.78, 5) is 14.5. The highest BCUT2D eigenvalue weighted by atomic mass is 16.5. The lowest BCUT2D eigenvalue weighted by Gasteiger charge is -2.32. The molecule has 0 N–H and O–H groups in total. The summed E-state index contributed by atoms with van der Waals surface area (Å²) in [7, 11) is 1.63. The van der Waals surface area contributed by atoms with Crippen molar-refractivity contribution < 1.29 is 9.53 Å². The summed E-state index contributed by atoms with van der Waals surface area (Å²) in [5.74, 6) is 0.990. The summed E-state index contributed by atoms with van der Waals surface area (Å²) in [6.07, 6.45) is 3.70. The van der Waals surface area contributed by atoms with Gasteiger partial charge in [0.05, 0.1) is 13.7 Å². The highest BCUT2D eigenvalue weighted by molar-refractivity contribution is 5.97. The van der Waals surface area contributed by atoms with Gasteiger partial charge in [0.2, 0.25) is 0 Å². The molecule has 1 aromatic rings. The fourth-order valence-electron chi connectivity index (χ4n) is 2.45. The molecule has 1 atom stereocenters. The van der Waals surface area contributed by atoms with Crippen molar-refractivity contribution in [3.8, 4) is 5.75 Å². The second kappa shape index (κ2) is 6.01. The van der Waals surface area contributed by atoms with E-state index >= 15 is 0 Å². The second-order valence-electron chi connectivity index (χ2n) is 4.97. The first-order valence-corrected chi connectivity index (χ1v) is 6.62. The molecule has 1 aliphatic rings. The van der Waals surface area contributed by atoms with Crippen LogP contribution in [0.25, 0.3) is 0 Å². The van der Waals surface area contributed by atoms with Crippen LogP contribution in [0.5, 0.6) is 5.75 Å². The molecular formula is C15H21NO2. The minimum Gasteiger partial charge on any atom is -0.497 e. The molecule has 1 unspecified atom stereocenters. The van der Waals surface area contributed by atoms with Gasteiger partial charge in [0.15, 0.2) is 5.78 Å². The van der Waals surface area contributed by atoms with Crippen LogP contribution in [0.4, 0.5) is 0 Å². The molecule has 1 fully saturated rings. The molecular weight excluding hydrogens is 226 g/mol. The van der Waals surface area contributed by atoms with Crippen molar-refractivity contribution in [1.82, 2.24) is 4.90 Å². The zero-order valence-corrected chi connectivity index (χ0v) is 11.2. The Bertz CT molecular complexity index is 399. The van der Waals surface area contributed by atoms with E-state index in [2.05, 4.69) is 11.8 Å². The number of nitrogens with zero attached hydrogens (tertiary/aromatic N) is 1. The number of likely N-dealkylation sites (tertiary alicyclic amines) is 1. The van der Waals surface area contributed by atoms with Gasteiger partial charge in [0.25, 0.3) is 0 Å². The highest BCUT2D eigenvalue weighted by Gasteiger charge is 2.20. The van der Waals surface area contributed by atoms with Crippen LogP contribution < -0.4 is 4.74 Å². The van der Waals surface area contributed by atoms with Crippen molar-refractivity contribution >= 4 is 5.78 Å². The van der Waals surface area contributed by atoms with Crippen LogP contribution >= 0.6 is 0 Å². The first-order chi connectivity index (χ1) is 8.70. The number of carbonyl (C=O) groups is 1. The minimum atomic E-state index is 0.200. The van der Waals surface area contributed by atoms with Crippen LogP contribution in [-0.4, -0.2) is 36.9 Å². The average molecular weight is 247 g/mol. The third-order valence-corrected chi connectivity index (χ3v) is 3.70. The number of benzene rings is 1. The predicted molar refractivity (Wildman–Crippen MR) is 72.2 cm³/mol. The van der Waals surface area contributed by atoms with Crippen LogP contribution in [0.1, 0.15) is 36.5 Å². The van der Waals surface area contributed by atoms with E-state index in [-0.39, 0.29) is 5.78 Å². The van der Waals surface area contributed by atoms with Gasteiger partial charge < -0.3 is 4.74 Å². The molecule has 3 nitrogen and oxygen atoms in total. The average Bonchev–Trinajstić information content (AvgIpc) is 2.41. The van der Waals surface area contributed by atoms with Crippen molar-refractivity contribution in [3.05, 3.63) is 29.8 Å². The molecule has 0 spiro atoms. The predicted octanol–water partition coefficient (Wildman–Crippen LogP) is 2.75. The Morgan fingerprint density at radius 2 is 2.06 bits per heavy atom. The number of ether oxygens (including phenoxy) is 1. The molecule has 1 aromatic carbocycles. The molecule has 2 rings (SSSR count). The van der Waals surface area contributed by atoms with E-state index in [0.717, 1.165) is 17.9 Å². The number of piperidine rings is 1. The molecule has 0 aromatic heterocycles. The maximum absolute atomic E-state index is 12.2. The Kier molecular flexibility index (Phi) is 4.37. The summed E-state index contributed by atoms with van der Waals surface area (Å²) in [6.45, 7) is 3.79. The highest BCUT2D eigenvalue weighted by Crippen LogP contribution is 2.17. The van der Waals surface area contributed by atoms with Crippen LogP contribution in [0.15, 0.2) is 24.3 Å². The van der Waals surface area contributed by atoms with Gasteiger partial charge in [-0.05, 0) is 50.6 Å². The normalized spacial score (nSPS) is 20.7. The van der Waals surface area contributed by atoms with Gasteiger partial charge in [-0.3, -0.25) is 9.69 Å². The van der Waals surface area contributed by atoms with Gasteiger partial charge in [-0.15, -0.1) is 0 Å². The fraction of sp³-hybridized carbons (Fsp3) is 0.533. The lowest BCUT2D eigenvalue weighted by molar-refractivity contribution is 0.0860. The Morgan fingerprint density at radius 3 is 2.67 bits per heavy atom. The Labute approximate surface area is 109 Å². The van der Waals surface area contributed by atoms with E-state index in [4.69, 9.17) is 4.74 Å². The molecule has 1 aliphatic heterocycles. The maximum atomic E-state index is 12.2. The quantitative estimate of drug-likeness (QED) is 0.766. The SMILES string of the molecule is COc1ccc(C(=O)CN2CCCCC2C)cc1. The summed E-state index contributed by atoms with van der Waals surface area (Å²) < 4.78 is 5.09. The number of ketones is 1. The van der Waals surface area contributed by atoms with E-state index < -0.39 is 0 Å². The third-order valence-electron chi connectivity index (χ3n) is 3.70. The number of hydrogen-bond acceptors (Lipinski definition) is 3. The molecule has 0 saturated carbocycles. The fourth-order valence-corrected chi connectivity index (χ4v) is 2.45. The van der Waals surface area contributed by atoms with Crippen LogP contribution in [-0.2, 0) is 0 Å². The lowest BCUT2D eigenvalue weighted by Crippen LogP contribution is -2.40. The molecule has 0 amide bonds. The number of methoxy groups -OCH3 is 1. The van der Waals surface area contributed by atoms with Gasteiger partial charge >= 0.3 is 0 Å². The lowest BCUT2D eigenvalue weighted by atomic mass is 10.0. The van der Waals surface area contributed by atoms with E-state index in [1.165, 1.54) is 19.3 Å². The third kappa shape index (κ3) is 3.10. The van der Waals surface area contributed by atoms with E-state index in [9.17, 15) is 4.79 Å². The summed E-state index contributed by atoms with van der Waals surface area (Å²) >= 11 is 0. The second-order valence-corrected chi connectivity index (χ2v) is 4.97. The Morgan fingerprint density at radius 1 is 1.33 bits per heavy atom. The Balaban J connectivity index is 1.97. The number of hydrogen-bond donors (Lipinski definition) is 0. The number of carbonyl (C=O) groups excluding carboxylic acids is 1. The van der Waals surface area contributed by atoms with Gasteiger partial charge in [-0.25, -0.2) is 0 Å². The maximum Gasteiger partial charge on any atom is 0.176 e. The van der Waals surface area contributed by atoms with Crippen molar-refractivity contribution in [1.29, 1.82) is 0 Å². The molecule has 0 aliphatic carbocycles. The van der Waals surface area contributed by atoms with Gasteiger partial charge in [-0.1, -0.05) is 6.42 Å².